The molecule has 0 radical (unpaired) electrons. The largest absolute Gasteiger partial charge is 0.394 e. The van der Waals surface area contributed by atoms with Crippen molar-refractivity contribution in [2.45, 2.75) is 37.1 Å². The smallest absolute Gasteiger partial charge is 0.243 e. The van der Waals surface area contributed by atoms with E-state index in [0.717, 1.165) is 25.0 Å². The fourth-order valence-corrected chi connectivity index (χ4v) is 3.24. The Bertz CT molecular complexity index is 474. The van der Waals surface area contributed by atoms with Gasteiger partial charge in [-0.25, -0.2) is 13.1 Å². The summed E-state index contributed by atoms with van der Waals surface area (Å²) in [5.41, 5.74) is 0. The Hall–Kier alpha value is -0.570. The molecule has 116 valence electrons. The molecule has 6 nitrogen and oxygen atoms in total. The molecule has 0 amide bonds. The number of aromatic nitrogens is 2. The van der Waals surface area contributed by atoms with E-state index < -0.39 is 10.0 Å². The molecule has 20 heavy (non-hydrogen) atoms. The minimum Gasteiger partial charge on any atom is -0.394 e. The monoisotopic (exact) mass is 321 g/mol. The van der Waals surface area contributed by atoms with Crippen LogP contribution in [0.4, 0.5) is 0 Å². The molecule has 2 N–H and O–H groups in total. The molecule has 0 fully saturated rings. The molecule has 0 spiro atoms. The number of hydrogen-bond donors (Lipinski definition) is 2. The van der Waals surface area contributed by atoms with Gasteiger partial charge in [-0.1, -0.05) is 12.8 Å². The van der Waals surface area contributed by atoms with Crippen LogP contribution in [0.25, 0.3) is 0 Å². The van der Waals surface area contributed by atoms with Crippen LogP contribution in [0.2, 0.25) is 0 Å². The zero-order valence-electron chi connectivity index (χ0n) is 11.8. The summed E-state index contributed by atoms with van der Waals surface area (Å²) < 4.78 is 27.9. The van der Waals surface area contributed by atoms with Gasteiger partial charge in [0.1, 0.15) is 4.90 Å². The Morgan fingerprint density at radius 2 is 2.10 bits per heavy atom. The molecule has 0 bridgehead atoms. The first-order valence-corrected chi connectivity index (χ1v) is 9.60. The zero-order valence-corrected chi connectivity index (χ0v) is 13.4. The lowest BCUT2D eigenvalue weighted by molar-refractivity contribution is 0.269. The Labute approximate surface area is 125 Å². The summed E-state index contributed by atoms with van der Waals surface area (Å²) >= 11 is 1.83. The molecule has 0 saturated heterocycles. The van der Waals surface area contributed by atoms with Crippen LogP contribution < -0.4 is 4.72 Å². The first-order valence-electron chi connectivity index (χ1n) is 6.72. The number of nitrogens with one attached hydrogen (secondary N) is 1. The SMILES string of the molecule is CSCCCCCCNS(=O)(=O)c1cnn(CCO)c1. The molecular formula is C12H23N3O3S2. The summed E-state index contributed by atoms with van der Waals surface area (Å²) in [5, 5.41) is 12.7. The van der Waals surface area contributed by atoms with Gasteiger partial charge in [-0.15, -0.1) is 0 Å². The predicted octanol–water partition coefficient (Wildman–Crippen LogP) is 1.08. The highest BCUT2D eigenvalue weighted by atomic mass is 32.2. The van der Waals surface area contributed by atoms with Crippen molar-refractivity contribution in [3.05, 3.63) is 12.4 Å². The van der Waals surface area contributed by atoms with Crippen LogP contribution in [0.5, 0.6) is 0 Å². The van der Waals surface area contributed by atoms with Gasteiger partial charge in [0.05, 0.1) is 19.3 Å². The van der Waals surface area contributed by atoms with Crippen molar-refractivity contribution < 1.29 is 13.5 Å². The number of thioether (sulfide) groups is 1. The summed E-state index contributed by atoms with van der Waals surface area (Å²) in [5.74, 6) is 1.16. The number of sulfonamides is 1. The minimum absolute atomic E-state index is 0.0648. The maximum Gasteiger partial charge on any atom is 0.243 e. The predicted molar refractivity (Wildman–Crippen MR) is 81.4 cm³/mol. The highest BCUT2D eigenvalue weighted by molar-refractivity contribution is 7.98. The van der Waals surface area contributed by atoms with Gasteiger partial charge in [0.25, 0.3) is 0 Å². The van der Waals surface area contributed by atoms with Crippen LogP contribution in [0, 0.1) is 0 Å². The number of aliphatic hydroxyl groups is 1. The average molecular weight is 321 g/mol. The summed E-state index contributed by atoms with van der Waals surface area (Å²) in [6, 6.07) is 0. The van der Waals surface area contributed by atoms with E-state index in [4.69, 9.17) is 5.11 Å². The quantitative estimate of drug-likeness (QED) is 0.596. The Kier molecular flexibility index (Phi) is 8.20. The van der Waals surface area contributed by atoms with Crippen LogP contribution >= 0.6 is 11.8 Å². The van der Waals surface area contributed by atoms with Gasteiger partial charge in [0.2, 0.25) is 10.0 Å². The molecule has 1 rings (SSSR count). The van der Waals surface area contributed by atoms with Crippen molar-refractivity contribution in [3.8, 4) is 0 Å². The zero-order chi connectivity index (χ0) is 14.8. The second-order valence-corrected chi connectivity index (χ2v) is 7.22. The molecule has 0 aromatic carbocycles. The molecule has 0 aliphatic heterocycles. The summed E-state index contributed by atoms with van der Waals surface area (Å²) in [6.07, 6.45) is 9.02. The van der Waals surface area contributed by atoms with Crippen LogP contribution in [0.15, 0.2) is 17.3 Å². The van der Waals surface area contributed by atoms with Crippen molar-refractivity contribution in [1.82, 2.24) is 14.5 Å². The van der Waals surface area contributed by atoms with Gasteiger partial charge in [-0.05, 0) is 24.9 Å². The number of hydrogen-bond acceptors (Lipinski definition) is 5. The summed E-state index contributed by atoms with van der Waals surface area (Å²) in [7, 11) is -3.47. The first-order chi connectivity index (χ1) is 9.60. The van der Waals surface area contributed by atoms with E-state index in [9.17, 15) is 8.42 Å². The van der Waals surface area contributed by atoms with Gasteiger partial charge in [0, 0.05) is 12.7 Å². The minimum atomic E-state index is -3.47. The van der Waals surface area contributed by atoms with Crippen molar-refractivity contribution >= 4 is 21.8 Å². The Morgan fingerprint density at radius 1 is 1.35 bits per heavy atom. The van der Waals surface area contributed by atoms with E-state index in [1.54, 1.807) is 0 Å². The molecule has 0 atom stereocenters. The van der Waals surface area contributed by atoms with Gasteiger partial charge in [-0.2, -0.15) is 16.9 Å². The molecular weight excluding hydrogens is 298 g/mol. The molecule has 0 aliphatic rings. The third-order valence-corrected chi connectivity index (χ3v) is 4.93. The van der Waals surface area contributed by atoms with Crippen LogP contribution in [0.3, 0.4) is 0 Å². The van der Waals surface area contributed by atoms with Crippen LogP contribution in [0.1, 0.15) is 25.7 Å². The van der Waals surface area contributed by atoms with Crippen LogP contribution in [-0.2, 0) is 16.6 Å². The lowest BCUT2D eigenvalue weighted by Crippen LogP contribution is -2.24. The van der Waals surface area contributed by atoms with E-state index in [1.165, 1.54) is 23.5 Å². The van der Waals surface area contributed by atoms with Gasteiger partial charge in [-0.3, -0.25) is 4.68 Å². The van der Waals surface area contributed by atoms with Gasteiger partial charge >= 0.3 is 0 Å². The Morgan fingerprint density at radius 3 is 2.80 bits per heavy atom. The summed E-state index contributed by atoms with van der Waals surface area (Å²) in [6.45, 7) is 0.683. The average Bonchev–Trinajstić information content (AvgIpc) is 2.88. The second kappa shape index (κ2) is 9.38. The molecule has 1 aromatic rings. The summed E-state index contributed by atoms with van der Waals surface area (Å²) in [4.78, 5) is 0.147. The van der Waals surface area contributed by atoms with E-state index in [0.29, 0.717) is 13.1 Å². The topological polar surface area (TPSA) is 84.2 Å². The molecule has 8 heteroatoms. The molecule has 0 aliphatic carbocycles. The normalized spacial score (nSPS) is 11.9. The van der Waals surface area contributed by atoms with Gasteiger partial charge in [0.15, 0.2) is 0 Å². The molecule has 0 unspecified atom stereocenters. The van der Waals surface area contributed by atoms with E-state index in [2.05, 4.69) is 16.1 Å². The highest BCUT2D eigenvalue weighted by Crippen LogP contribution is 2.08. The number of unbranched alkanes of at least 4 members (excludes halogenated alkanes) is 3. The van der Waals surface area contributed by atoms with Crippen molar-refractivity contribution in [2.75, 3.05) is 25.2 Å². The molecule has 0 saturated carbocycles. The number of aliphatic hydroxyl groups excluding tert-OH is 1. The van der Waals surface area contributed by atoms with E-state index >= 15 is 0 Å². The first kappa shape index (κ1) is 17.5. The Balaban J connectivity index is 2.30. The van der Waals surface area contributed by atoms with Crippen molar-refractivity contribution in [3.63, 3.8) is 0 Å². The third-order valence-electron chi connectivity index (χ3n) is 2.82. The van der Waals surface area contributed by atoms with Crippen molar-refractivity contribution in [2.24, 2.45) is 0 Å². The second-order valence-electron chi connectivity index (χ2n) is 4.47. The third kappa shape index (κ3) is 6.25. The maximum atomic E-state index is 12.0. The van der Waals surface area contributed by atoms with Crippen LogP contribution in [-0.4, -0.2) is 48.5 Å². The number of rotatable bonds is 11. The standard InChI is InChI=1S/C12H23N3O3S2/c1-19-9-5-3-2-4-6-14-20(17,18)12-10-13-15(11-12)7-8-16/h10-11,14,16H,2-9H2,1H3. The molecule has 1 heterocycles. The van der Waals surface area contributed by atoms with Gasteiger partial charge < -0.3 is 5.11 Å². The van der Waals surface area contributed by atoms with E-state index in [1.807, 2.05) is 11.8 Å². The maximum absolute atomic E-state index is 12.0. The highest BCUT2D eigenvalue weighted by Gasteiger charge is 2.15. The molecule has 1 aromatic heterocycles. The van der Waals surface area contributed by atoms with E-state index in [-0.39, 0.29) is 11.5 Å². The lowest BCUT2D eigenvalue weighted by Gasteiger charge is -2.04. The van der Waals surface area contributed by atoms with Crippen molar-refractivity contribution in [1.29, 1.82) is 0 Å². The fourth-order valence-electron chi connectivity index (χ4n) is 1.72. The lowest BCUT2D eigenvalue weighted by atomic mass is 10.2. The fraction of sp³-hybridized carbons (Fsp3) is 0.750. The number of nitrogens with zero attached hydrogens (tertiary/aromatic N) is 2.